The summed E-state index contributed by atoms with van der Waals surface area (Å²) >= 11 is 0. The molecule has 0 aliphatic heterocycles. The van der Waals surface area contributed by atoms with Crippen molar-refractivity contribution < 1.29 is 0 Å². The predicted octanol–water partition coefficient (Wildman–Crippen LogP) is 13.0. The zero-order chi connectivity index (χ0) is 37.6. The fourth-order valence-corrected chi connectivity index (χ4v) is 8.45. The summed E-state index contributed by atoms with van der Waals surface area (Å²) in [7, 11) is 0. The largest absolute Gasteiger partial charge is 0.292 e. The molecule has 0 N–H and O–H groups in total. The lowest BCUT2D eigenvalue weighted by atomic mass is 9.76. The third-order valence-electron chi connectivity index (χ3n) is 11.3. The highest BCUT2D eigenvalue weighted by Crippen LogP contribution is 2.43. The molecule has 1 aliphatic rings. The molecule has 0 radical (unpaired) electrons. The van der Waals surface area contributed by atoms with E-state index in [2.05, 4.69) is 186 Å². The number of fused-ring (bicyclic) bond motifs is 3. The van der Waals surface area contributed by atoms with Gasteiger partial charge in [0.1, 0.15) is 5.82 Å². The smallest absolute Gasteiger partial charge is 0.145 e. The van der Waals surface area contributed by atoms with Crippen LogP contribution in [-0.4, -0.2) is 14.5 Å². The maximum absolute atomic E-state index is 10.4. The SMILES string of the molecule is CC1C(C#N)=CC(c2ccc(-c3ccc(-c4nc5ccccc5n4-c4ccccc4)cc3)c3ccccc23)=CC1c1ccc(-c2cccc3cccnc23)cc1. The van der Waals surface area contributed by atoms with Crippen molar-refractivity contribution in [3.63, 3.8) is 0 Å². The number of pyridine rings is 1. The van der Waals surface area contributed by atoms with E-state index in [1.165, 1.54) is 10.9 Å². The van der Waals surface area contributed by atoms with E-state index in [1.54, 1.807) is 0 Å². The molecule has 4 nitrogen and oxygen atoms in total. The Kier molecular flexibility index (Phi) is 8.20. The average Bonchev–Trinajstić information content (AvgIpc) is 3.66. The molecule has 0 saturated heterocycles. The quantitative estimate of drug-likeness (QED) is 0.172. The van der Waals surface area contributed by atoms with E-state index in [-0.39, 0.29) is 11.8 Å². The molecule has 4 heteroatoms. The van der Waals surface area contributed by atoms with E-state index in [1.807, 2.05) is 24.4 Å². The monoisotopic (exact) mass is 716 g/mol. The normalized spacial score (nSPS) is 15.4. The Hall–Kier alpha value is -7.35. The minimum atomic E-state index is 0.0490. The molecule has 2 atom stereocenters. The first kappa shape index (κ1) is 33.2. The number of hydrogen-bond donors (Lipinski definition) is 0. The average molecular weight is 717 g/mol. The van der Waals surface area contributed by atoms with E-state index >= 15 is 0 Å². The molecule has 7 aromatic carbocycles. The van der Waals surface area contributed by atoms with Crippen LogP contribution in [0.15, 0.2) is 194 Å². The Morgan fingerprint density at radius 3 is 2.05 bits per heavy atom. The fraction of sp³-hybridized carbons (Fsp3) is 0.0577. The summed E-state index contributed by atoms with van der Waals surface area (Å²) in [6, 6.07) is 62.3. The van der Waals surface area contributed by atoms with Crippen LogP contribution in [0.2, 0.25) is 0 Å². The number of imidazole rings is 1. The molecule has 10 rings (SSSR count). The van der Waals surface area contributed by atoms with E-state index < -0.39 is 0 Å². The van der Waals surface area contributed by atoms with Gasteiger partial charge in [-0.1, -0.05) is 153 Å². The Morgan fingerprint density at radius 2 is 1.25 bits per heavy atom. The van der Waals surface area contributed by atoms with Gasteiger partial charge < -0.3 is 0 Å². The molecule has 1 aliphatic carbocycles. The van der Waals surface area contributed by atoms with Gasteiger partial charge in [-0.2, -0.15) is 5.26 Å². The Bertz CT molecular complexity index is 3030. The van der Waals surface area contributed by atoms with E-state index in [0.29, 0.717) is 0 Å². The van der Waals surface area contributed by atoms with Crippen LogP contribution in [0.5, 0.6) is 0 Å². The lowest BCUT2D eigenvalue weighted by molar-refractivity contribution is 0.616. The van der Waals surface area contributed by atoms with Crippen molar-refractivity contribution in [2.24, 2.45) is 5.92 Å². The van der Waals surface area contributed by atoms with Crippen molar-refractivity contribution in [3.8, 4) is 45.4 Å². The number of benzene rings is 7. The van der Waals surface area contributed by atoms with Gasteiger partial charge in [0.2, 0.25) is 0 Å². The number of aromatic nitrogens is 3. The molecule has 2 heterocycles. The molecule has 2 unspecified atom stereocenters. The maximum Gasteiger partial charge on any atom is 0.145 e. The highest BCUT2D eigenvalue weighted by molar-refractivity contribution is 6.04. The van der Waals surface area contributed by atoms with Crippen molar-refractivity contribution in [2.75, 3.05) is 0 Å². The van der Waals surface area contributed by atoms with Crippen molar-refractivity contribution in [1.82, 2.24) is 14.5 Å². The van der Waals surface area contributed by atoms with Crippen molar-refractivity contribution in [3.05, 3.63) is 205 Å². The van der Waals surface area contributed by atoms with Gasteiger partial charge in [-0.3, -0.25) is 9.55 Å². The molecule has 9 aromatic rings. The predicted molar refractivity (Wildman–Crippen MR) is 230 cm³/mol. The summed E-state index contributed by atoms with van der Waals surface area (Å²) in [5.74, 6) is 1.01. The van der Waals surface area contributed by atoms with Crippen LogP contribution in [0.3, 0.4) is 0 Å². The number of allylic oxidation sites excluding steroid dienone is 4. The van der Waals surface area contributed by atoms with Crippen molar-refractivity contribution >= 4 is 38.3 Å². The standard InChI is InChI=1S/C52H36N4/c1-34-41(33-53)31-40(32-48(34)37-22-20-36(21-23-37)45-17-9-11-38-12-10-30-54-51(38)45)44-29-28-43(46-15-5-6-16-47(44)46)35-24-26-39(27-25-35)52-55-49-18-7-8-19-50(49)56(52)42-13-3-2-4-14-42/h2-32,34,48H,1H3. The van der Waals surface area contributed by atoms with Gasteiger partial charge in [-0.15, -0.1) is 0 Å². The Morgan fingerprint density at radius 1 is 0.589 bits per heavy atom. The summed E-state index contributed by atoms with van der Waals surface area (Å²) in [6.45, 7) is 2.16. The molecule has 264 valence electrons. The minimum absolute atomic E-state index is 0.0490. The van der Waals surface area contributed by atoms with Crippen molar-refractivity contribution in [2.45, 2.75) is 12.8 Å². The molecule has 2 aromatic heterocycles. The van der Waals surface area contributed by atoms with Crippen LogP contribution in [-0.2, 0) is 0 Å². The van der Waals surface area contributed by atoms with Gasteiger partial charge in [-0.05, 0) is 80.6 Å². The number of nitriles is 1. The van der Waals surface area contributed by atoms with Gasteiger partial charge in [-0.25, -0.2) is 4.98 Å². The number of nitrogens with zero attached hydrogens (tertiary/aromatic N) is 4. The molecule has 56 heavy (non-hydrogen) atoms. The summed E-state index contributed by atoms with van der Waals surface area (Å²) in [6.07, 6.45) is 6.30. The highest BCUT2D eigenvalue weighted by Gasteiger charge is 2.27. The Labute approximate surface area is 326 Å². The number of rotatable bonds is 6. The van der Waals surface area contributed by atoms with Crippen LogP contribution < -0.4 is 0 Å². The summed E-state index contributed by atoms with van der Waals surface area (Å²) in [5.41, 5.74) is 13.9. The summed E-state index contributed by atoms with van der Waals surface area (Å²) in [4.78, 5) is 9.75. The van der Waals surface area contributed by atoms with Crippen LogP contribution in [0.4, 0.5) is 0 Å². The van der Waals surface area contributed by atoms with Gasteiger partial charge in [0.05, 0.1) is 22.6 Å². The van der Waals surface area contributed by atoms with Crippen molar-refractivity contribution in [1.29, 1.82) is 5.26 Å². The summed E-state index contributed by atoms with van der Waals surface area (Å²) in [5, 5.41) is 13.8. The third-order valence-corrected chi connectivity index (χ3v) is 11.3. The molecule has 0 bridgehead atoms. The number of para-hydroxylation sites is 4. The van der Waals surface area contributed by atoms with Gasteiger partial charge in [0, 0.05) is 45.8 Å². The molecule has 0 saturated carbocycles. The van der Waals surface area contributed by atoms with Gasteiger partial charge in [0.25, 0.3) is 0 Å². The first-order valence-corrected chi connectivity index (χ1v) is 19.1. The van der Waals surface area contributed by atoms with Crippen LogP contribution in [0.1, 0.15) is 24.0 Å². The maximum atomic E-state index is 10.4. The highest BCUT2D eigenvalue weighted by atomic mass is 15.1. The second-order valence-electron chi connectivity index (χ2n) is 14.5. The van der Waals surface area contributed by atoms with Crippen LogP contribution in [0.25, 0.3) is 77.6 Å². The molecular weight excluding hydrogens is 681 g/mol. The lowest BCUT2D eigenvalue weighted by Crippen LogP contribution is -2.14. The first-order valence-electron chi connectivity index (χ1n) is 19.1. The van der Waals surface area contributed by atoms with Crippen LogP contribution in [0, 0.1) is 17.2 Å². The molecule has 0 amide bonds. The minimum Gasteiger partial charge on any atom is -0.292 e. The molecule has 0 fully saturated rings. The first-order chi connectivity index (χ1) is 27.6. The van der Waals surface area contributed by atoms with Gasteiger partial charge >= 0.3 is 0 Å². The fourth-order valence-electron chi connectivity index (χ4n) is 8.45. The zero-order valence-electron chi connectivity index (χ0n) is 30.8. The zero-order valence-corrected chi connectivity index (χ0v) is 30.8. The molecule has 0 spiro atoms. The Balaban J connectivity index is 1.01. The number of hydrogen-bond acceptors (Lipinski definition) is 3. The lowest BCUT2D eigenvalue weighted by Gasteiger charge is -2.27. The van der Waals surface area contributed by atoms with E-state index in [9.17, 15) is 5.26 Å². The topological polar surface area (TPSA) is 54.5 Å². The van der Waals surface area contributed by atoms with E-state index in [4.69, 9.17) is 4.98 Å². The second kappa shape index (κ2) is 13.8. The molecular formula is C52H36N4. The van der Waals surface area contributed by atoms with E-state index in [0.717, 1.165) is 83.4 Å². The van der Waals surface area contributed by atoms with Crippen LogP contribution >= 0.6 is 0 Å². The third kappa shape index (κ3) is 5.70. The second-order valence-corrected chi connectivity index (χ2v) is 14.5. The van der Waals surface area contributed by atoms with Gasteiger partial charge in [0.15, 0.2) is 0 Å². The summed E-state index contributed by atoms with van der Waals surface area (Å²) < 4.78 is 2.24.